The quantitative estimate of drug-likeness (QED) is 0.510. The Morgan fingerprint density at radius 3 is 2.27 bits per heavy atom. The van der Waals surface area contributed by atoms with Crippen LogP contribution in [0, 0.1) is 0 Å². The maximum absolute atomic E-state index is 13.2. The SMILES string of the molecule is CCOC(=O)C1=C(CN2CCN(S(=O)(=O)c3ccccc3)CC2)N(CC)C(=O)N[C@H]1c1ccc(Cl)cc1. The number of halogens is 1. The topological polar surface area (TPSA) is 99.3 Å². The molecule has 37 heavy (non-hydrogen) atoms. The average molecular weight is 547 g/mol. The minimum absolute atomic E-state index is 0.193. The van der Waals surface area contributed by atoms with E-state index in [1.54, 1.807) is 66.4 Å². The van der Waals surface area contributed by atoms with Crippen molar-refractivity contribution in [2.24, 2.45) is 0 Å². The number of ether oxygens (including phenoxy) is 1. The van der Waals surface area contributed by atoms with Crippen molar-refractivity contribution in [2.45, 2.75) is 24.8 Å². The lowest BCUT2D eigenvalue weighted by molar-refractivity contribution is -0.139. The largest absolute Gasteiger partial charge is 0.463 e. The molecule has 2 aromatic rings. The van der Waals surface area contributed by atoms with Gasteiger partial charge in [0.2, 0.25) is 10.0 Å². The van der Waals surface area contributed by atoms with Crippen LogP contribution in [0.5, 0.6) is 0 Å². The van der Waals surface area contributed by atoms with Gasteiger partial charge in [-0.25, -0.2) is 18.0 Å². The van der Waals surface area contributed by atoms with Gasteiger partial charge in [0.1, 0.15) is 0 Å². The van der Waals surface area contributed by atoms with Gasteiger partial charge in [0.05, 0.1) is 23.1 Å². The molecule has 0 radical (unpaired) electrons. The number of piperazine rings is 1. The number of sulfonamides is 1. The number of likely N-dealkylation sites (N-methyl/N-ethyl adjacent to an activating group) is 1. The lowest BCUT2D eigenvalue weighted by Gasteiger charge is -2.40. The summed E-state index contributed by atoms with van der Waals surface area (Å²) in [6, 6.07) is 14.4. The molecule has 1 saturated heterocycles. The van der Waals surface area contributed by atoms with Crippen LogP contribution in [0.3, 0.4) is 0 Å². The summed E-state index contributed by atoms with van der Waals surface area (Å²) < 4.78 is 32.9. The van der Waals surface area contributed by atoms with Gasteiger partial charge < -0.3 is 10.1 Å². The van der Waals surface area contributed by atoms with Gasteiger partial charge >= 0.3 is 12.0 Å². The minimum Gasteiger partial charge on any atom is -0.463 e. The number of hydrogen-bond donors (Lipinski definition) is 1. The third-order valence-corrected chi connectivity index (χ3v) is 8.70. The molecule has 1 fully saturated rings. The Kier molecular flexibility index (Phi) is 8.53. The number of carbonyl (C=O) groups excluding carboxylic acids is 2. The van der Waals surface area contributed by atoms with Crippen molar-refractivity contribution in [3.05, 3.63) is 76.5 Å². The number of urea groups is 1. The van der Waals surface area contributed by atoms with E-state index >= 15 is 0 Å². The number of hydrogen-bond acceptors (Lipinski definition) is 6. The standard InChI is InChI=1S/C26H31ClN4O5S/c1-3-31-22(18-29-14-16-30(17-15-29)37(34,35)21-8-6-5-7-9-21)23(25(32)36-4-2)24(28-26(31)33)19-10-12-20(27)13-11-19/h5-13,24H,3-4,14-18H2,1-2H3,(H,28,33)/t24-/m0/s1. The predicted molar refractivity (Wildman–Crippen MR) is 140 cm³/mol. The molecule has 0 aliphatic carbocycles. The average Bonchev–Trinajstić information content (AvgIpc) is 2.90. The van der Waals surface area contributed by atoms with Crippen LogP contribution in [0.15, 0.2) is 70.8 Å². The van der Waals surface area contributed by atoms with Crippen LogP contribution in [0.4, 0.5) is 4.79 Å². The van der Waals surface area contributed by atoms with Crippen molar-refractivity contribution in [1.82, 2.24) is 19.4 Å². The van der Waals surface area contributed by atoms with Crippen molar-refractivity contribution in [1.29, 1.82) is 0 Å². The van der Waals surface area contributed by atoms with Gasteiger partial charge in [0, 0.05) is 50.0 Å². The third-order valence-electron chi connectivity index (χ3n) is 6.54. The predicted octanol–water partition coefficient (Wildman–Crippen LogP) is 3.25. The molecular formula is C26H31ClN4O5S. The second kappa shape index (κ2) is 11.6. The van der Waals surface area contributed by atoms with Gasteiger partial charge in [-0.3, -0.25) is 9.80 Å². The van der Waals surface area contributed by atoms with Gasteiger partial charge in [0.15, 0.2) is 0 Å². The number of nitrogens with one attached hydrogen (secondary N) is 1. The summed E-state index contributed by atoms with van der Waals surface area (Å²) in [6.45, 7) is 5.96. The van der Waals surface area contributed by atoms with E-state index in [9.17, 15) is 18.0 Å². The van der Waals surface area contributed by atoms with Crippen molar-refractivity contribution in [3.8, 4) is 0 Å². The van der Waals surface area contributed by atoms with E-state index in [-0.39, 0.29) is 17.5 Å². The minimum atomic E-state index is -3.59. The first-order valence-electron chi connectivity index (χ1n) is 12.3. The van der Waals surface area contributed by atoms with E-state index in [1.165, 1.54) is 4.31 Å². The molecule has 0 spiro atoms. The summed E-state index contributed by atoms with van der Waals surface area (Å²) in [6.07, 6.45) is 0. The van der Waals surface area contributed by atoms with Gasteiger partial charge in [0.25, 0.3) is 0 Å². The highest BCUT2D eigenvalue weighted by Crippen LogP contribution is 2.33. The number of benzene rings is 2. The van der Waals surface area contributed by atoms with Crippen molar-refractivity contribution < 1.29 is 22.7 Å². The van der Waals surface area contributed by atoms with Crippen molar-refractivity contribution in [2.75, 3.05) is 45.9 Å². The van der Waals surface area contributed by atoms with Crippen LogP contribution in [0.25, 0.3) is 0 Å². The fourth-order valence-electron chi connectivity index (χ4n) is 4.64. The molecule has 2 amide bonds. The summed E-state index contributed by atoms with van der Waals surface area (Å²) in [5, 5.41) is 3.48. The van der Waals surface area contributed by atoms with Gasteiger partial charge in [-0.2, -0.15) is 4.31 Å². The fraction of sp³-hybridized carbons (Fsp3) is 0.385. The third kappa shape index (κ3) is 5.82. The molecule has 2 aliphatic heterocycles. The van der Waals surface area contributed by atoms with Crippen LogP contribution < -0.4 is 5.32 Å². The second-order valence-corrected chi connectivity index (χ2v) is 11.1. The Hall–Kier alpha value is -2.92. The first-order chi connectivity index (χ1) is 17.8. The van der Waals surface area contributed by atoms with Gasteiger partial charge in [-0.1, -0.05) is 41.9 Å². The molecule has 0 bridgehead atoms. The zero-order valence-electron chi connectivity index (χ0n) is 20.9. The molecule has 1 atom stereocenters. The monoisotopic (exact) mass is 546 g/mol. The van der Waals surface area contributed by atoms with Crippen LogP contribution in [-0.4, -0.2) is 80.4 Å². The van der Waals surface area contributed by atoms with Crippen LogP contribution in [-0.2, 0) is 19.6 Å². The summed E-state index contributed by atoms with van der Waals surface area (Å²) >= 11 is 6.06. The molecular weight excluding hydrogens is 516 g/mol. The van der Waals surface area contributed by atoms with Crippen molar-refractivity contribution in [3.63, 3.8) is 0 Å². The Morgan fingerprint density at radius 2 is 1.68 bits per heavy atom. The van der Waals surface area contributed by atoms with E-state index in [0.717, 1.165) is 0 Å². The first-order valence-corrected chi connectivity index (χ1v) is 14.1. The zero-order valence-corrected chi connectivity index (χ0v) is 22.5. The number of nitrogens with zero attached hydrogens (tertiary/aromatic N) is 3. The van der Waals surface area contributed by atoms with Gasteiger partial charge in [-0.05, 0) is 43.7 Å². The van der Waals surface area contributed by atoms with E-state index in [2.05, 4.69) is 10.2 Å². The normalized spacial score (nSPS) is 19.6. The number of esters is 1. The van der Waals surface area contributed by atoms with Crippen LogP contribution in [0.2, 0.25) is 5.02 Å². The zero-order chi connectivity index (χ0) is 26.6. The second-order valence-electron chi connectivity index (χ2n) is 8.75. The first kappa shape index (κ1) is 27.1. The molecule has 11 heteroatoms. The molecule has 2 heterocycles. The molecule has 2 aromatic carbocycles. The fourth-order valence-corrected chi connectivity index (χ4v) is 6.21. The van der Waals surface area contributed by atoms with E-state index in [0.29, 0.717) is 61.1 Å². The lowest BCUT2D eigenvalue weighted by Crippen LogP contribution is -2.53. The molecule has 198 valence electrons. The smallest absolute Gasteiger partial charge is 0.338 e. The number of amides is 2. The van der Waals surface area contributed by atoms with E-state index in [4.69, 9.17) is 16.3 Å². The summed E-state index contributed by atoms with van der Waals surface area (Å²) in [5.74, 6) is -0.499. The van der Waals surface area contributed by atoms with E-state index in [1.807, 2.05) is 6.92 Å². The Morgan fingerprint density at radius 1 is 1.03 bits per heavy atom. The molecule has 0 saturated carbocycles. The molecule has 1 N–H and O–H groups in total. The maximum atomic E-state index is 13.2. The summed E-state index contributed by atoms with van der Waals surface area (Å²) in [7, 11) is -3.59. The number of rotatable bonds is 8. The Balaban J connectivity index is 1.62. The Bertz CT molecular complexity index is 1260. The van der Waals surface area contributed by atoms with E-state index < -0.39 is 22.0 Å². The van der Waals surface area contributed by atoms with Gasteiger partial charge in [-0.15, -0.1) is 0 Å². The lowest BCUT2D eigenvalue weighted by atomic mass is 9.94. The summed E-state index contributed by atoms with van der Waals surface area (Å²) in [5.41, 5.74) is 1.64. The molecule has 4 rings (SSSR count). The highest BCUT2D eigenvalue weighted by molar-refractivity contribution is 7.89. The summed E-state index contributed by atoms with van der Waals surface area (Å²) in [4.78, 5) is 30.2. The molecule has 9 nitrogen and oxygen atoms in total. The maximum Gasteiger partial charge on any atom is 0.338 e. The van der Waals surface area contributed by atoms with Crippen molar-refractivity contribution >= 4 is 33.6 Å². The molecule has 0 unspecified atom stereocenters. The number of carbonyl (C=O) groups is 2. The van der Waals surface area contributed by atoms with Crippen LogP contribution >= 0.6 is 11.6 Å². The highest BCUT2D eigenvalue weighted by atomic mass is 35.5. The Labute approximate surface area is 222 Å². The molecule has 0 aromatic heterocycles. The van der Waals surface area contributed by atoms with Crippen LogP contribution in [0.1, 0.15) is 25.5 Å². The highest BCUT2D eigenvalue weighted by Gasteiger charge is 2.39. The molecule has 2 aliphatic rings.